The van der Waals surface area contributed by atoms with Crippen LogP contribution in [0.25, 0.3) is 17.8 Å². The number of nitrogens with zero attached hydrogens (tertiary/aromatic N) is 2. The van der Waals surface area contributed by atoms with Crippen LogP contribution >= 0.6 is 0 Å². The largest absolute Gasteiger partial charge is 0.366 e. The number of carbonyl (C=O) groups excluding carboxylic acids is 1. The molecule has 1 aliphatic rings. The second kappa shape index (κ2) is 5.44. The Bertz CT molecular complexity index is 832. The van der Waals surface area contributed by atoms with Crippen LogP contribution in [-0.2, 0) is 0 Å². The first-order chi connectivity index (χ1) is 10.5. The predicted octanol–water partition coefficient (Wildman–Crippen LogP) is 1.45. The molecule has 2 unspecified atom stereocenters. The molecule has 1 aromatic carbocycles. The summed E-state index contributed by atoms with van der Waals surface area (Å²) in [5.41, 5.74) is 6.72. The van der Waals surface area contributed by atoms with Crippen LogP contribution in [0.4, 0.5) is 0 Å². The lowest BCUT2D eigenvalue weighted by molar-refractivity contribution is 0.1000. The Balaban J connectivity index is 2.24. The van der Waals surface area contributed by atoms with Gasteiger partial charge in [-0.1, -0.05) is 45.1 Å². The monoisotopic (exact) mass is 295 g/mol. The summed E-state index contributed by atoms with van der Waals surface area (Å²) in [5.74, 6) is 1.06. The van der Waals surface area contributed by atoms with Crippen molar-refractivity contribution in [3.63, 3.8) is 0 Å². The average molecular weight is 295 g/mol. The van der Waals surface area contributed by atoms with Crippen LogP contribution in [0, 0.1) is 17.8 Å². The van der Waals surface area contributed by atoms with Crippen LogP contribution in [0.5, 0.6) is 0 Å². The molecule has 0 fully saturated rings. The number of nitrogens with two attached hydrogens (primary N) is 1. The van der Waals surface area contributed by atoms with E-state index in [2.05, 4.69) is 38.0 Å². The van der Waals surface area contributed by atoms with Gasteiger partial charge in [-0.05, 0) is 29.9 Å². The molecule has 2 aromatic rings. The number of hydrogen-bond donors (Lipinski definition) is 1. The molecule has 0 saturated carbocycles. The topological polar surface area (TPSA) is 60.9 Å². The number of amides is 1. The molecule has 0 spiro atoms. The minimum atomic E-state index is -0.437. The third kappa shape index (κ3) is 2.34. The van der Waals surface area contributed by atoms with Gasteiger partial charge in [0.1, 0.15) is 0 Å². The number of primary amides is 1. The van der Waals surface area contributed by atoms with Crippen molar-refractivity contribution >= 4 is 18.1 Å². The van der Waals surface area contributed by atoms with Gasteiger partial charge in [0.2, 0.25) is 0 Å². The molecule has 4 nitrogen and oxygen atoms in total. The zero-order chi connectivity index (χ0) is 15.9. The molecule has 1 aromatic heterocycles. The maximum Gasteiger partial charge on any atom is 0.250 e. The number of fused-ring (bicyclic) bond motifs is 1. The molecule has 114 valence electrons. The molecular weight excluding hydrogens is 274 g/mol. The Hall–Kier alpha value is -2.36. The number of carbonyl (C=O) groups is 1. The zero-order valence-corrected chi connectivity index (χ0v) is 13.2. The van der Waals surface area contributed by atoms with Gasteiger partial charge in [-0.3, -0.25) is 4.79 Å². The molecule has 1 heterocycles. The Morgan fingerprint density at radius 3 is 2.68 bits per heavy atom. The minimum Gasteiger partial charge on any atom is -0.366 e. The molecule has 1 aliphatic carbocycles. The summed E-state index contributed by atoms with van der Waals surface area (Å²) in [4.78, 5) is 11.7. The lowest BCUT2D eigenvalue weighted by Crippen LogP contribution is -2.36. The molecule has 4 heteroatoms. The van der Waals surface area contributed by atoms with Crippen LogP contribution in [0.2, 0.25) is 0 Å². The first-order valence-corrected chi connectivity index (χ1v) is 7.66. The van der Waals surface area contributed by atoms with Crippen LogP contribution in [0.3, 0.4) is 0 Å². The van der Waals surface area contributed by atoms with E-state index < -0.39 is 5.91 Å². The van der Waals surface area contributed by atoms with Crippen molar-refractivity contribution in [3.8, 4) is 5.69 Å². The molecule has 22 heavy (non-hydrogen) atoms. The van der Waals surface area contributed by atoms with E-state index in [0.29, 0.717) is 23.3 Å². The van der Waals surface area contributed by atoms with E-state index in [4.69, 9.17) is 5.73 Å². The molecule has 3 rings (SSSR count). The van der Waals surface area contributed by atoms with E-state index in [0.717, 1.165) is 16.3 Å². The summed E-state index contributed by atoms with van der Waals surface area (Å²) in [6, 6.07) is 7.32. The standard InChI is InChI=1S/C18H21N3O/c1-11(2)15-9-17-13(8-12(15)3)10-20-21(17)16-7-5-4-6-14(16)18(19)22/h4-12,15H,1-3H3,(H2,19,22). The second-order valence-electron chi connectivity index (χ2n) is 6.29. The van der Waals surface area contributed by atoms with Gasteiger partial charge in [0.05, 0.1) is 22.8 Å². The van der Waals surface area contributed by atoms with Crippen LogP contribution in [-0.4, -0.2) is 15.7 Å². The number of hydrogen-bond acceptors (Lipinski definition) is 2. The normalized spacial score (nSPS) is 20.2. The third-order valence-electron chi connectivity index (χ3n) is 4.40. The second-order valence-corrected chi connectivity index (χ2v) is 6.29. The summed E-state index contributed by atoms with van der Waals surface area (Å²) >= 11 is 0. The highest BCUT2D eigenvalue weighted by Crippen LogP contribution is 2.25. The highest BCUT2D eigenvalue weighted by Gasteiger charge is 2.21. The fraction of sp³-hybridized carbons (Fsp3) is 0.333. The van der Waals surface area contributed by atoms with Gasteiger partial charge >= 0.3 is 0 Å². The Kier molecular flexibility index (Phi) is 3.61. The van der Waals surface area contributed by atoms with E-state index in [1.807, 2.05) is 29.1 Å². The van der Waals surface area contributed by atoms with Crippen molar-refractivity contribution in [2.24, 2.45) is 23.5 Å². The Labute approximate surface area is 129 Å². The maximum absolute atomic E-state index is 11.7. The first kappa shape index (κ1) is 14.6. The van der Waals surface area contributed by atoms with Gasteiger partial charge in [0.15, 0.2) is 0 Å². The summed E-state index contributed by atoms with van der Waals surface area (Å²) < 4.78 is 1.83. The smallest absolute Gasteiger partial charge is 0.250 e. The number of aromatic nitrogens is 2. The van der Waals surface area contributed by atoms with Crippen molar-refractivity contribution in [1.82, 2.24) is 9.78 Å². The average Bonchev–Trinajstić information content (AvgIpc) is 2.88. The van der Waals surface area contributed by atoms with Gasteiger partial charge in [0, 0.05) is 5.22 Å². The van der Waals surface area contributed by atoms with Gasteiger partial charge in [-0.15, -0.1) is 0 Å². The number of para-hydroxylation sites is 1. The summed E-state index contributed by atoms with van der Waals surface area (Å²) in [6.07, 6.45) is 6.39. The van der Waals surface area contributed by atoms with E-state index in [1.54, 1.807) is 6.07 Å². The van der Waals surface area contributed by atoms with Crippen molar-refractivity contribution in [2.45, 2.75) is 20.8 Å². The van der Waals surface area contributed by atoms with Gasteiger partial charge in [0.25, 0.3) is 5.91 Å². The molecule has 0 saturated heterocycles. The molecule has 2 N–H and O–H groups in total. The number of rotatable bonds is 3. The molecule has 1 amide bonds. The lowest BCUT2D eigenvalue weighted by Gasteiger charge is -2.24. The summed E-state index contributed by atoms with van der Waals surface area (Å²) in [6.45, 7) is 6.70. The minimum absolute atomic E-state index is 0.437. The zero-order valence-electron chi connectivity index (χ0n) is 13.2. The Morgan fingerprint density at radius 1 is 1.27 bits per heavy atom. The summed E-state index contributed by atoms with van der Waals surface area (Å²) in [5, 5.41) is 6.65. The van der Waals surface area contributed by atoms with Crippen molar-refractivity contribution in [3.05, 3.63) is 46.6 Å². The van der Waals surface area contributed by atoms with Crippen molar-refractivity contribution in [1.29, 1.82) is 0 Å². The highest BCUT2D eigenvalue weighted by atomic mass is 16.1. The summed E-state index contributed by atoms with van der Waals surface area (Å²) in [7, 11) is 0. The molecule has 0 aliphatic heterocycles. The molecule has 2 atom stereocenters. The van der Waals surface area contributed by atoms with Gasteiger partial charge < -0.3 is 5.73 Å². The third-order valence-corrected chi connectivity index (χ3v) is 4.40. The quantitative estimate of drug-likeness (QED) is 0.931. The molecular formula is C18H21N3O. The Morgan fingerprint density at radius 2 is 2.00 bits per heavy atom. The first-order valence-electron chi connectivity index (χ1n) is 7.66. The van der Waals surface area contributed by atoms with Gasteiger partial charge in [-0.25, -0.2) is 4.68 Å². The fourth-order valence-electron chi connectivity index (χ4n) is 3.25. The molecule has 0 bridgehead atoms. The maximum atomic E-state index is 11.7. The van der Waals surface area contributed by atoms with E-state index in [1.165, 1.54) is 0 Å². The van der Waals surface area contributed by atoms with Crippen molar-refractivity contribution in [2.75, 3.05) is 0 Å². The van der Waals surface area contributed by atoms with Crippen LogP contribution in [0.1, 0.15) is 31.1 Å². The SMILES string of the molecule is CC(C)C1C=c2c(cnn2-c2ccccc2C(N)=O)=CC1C. The van der Waals surface area contributed by atoms with E-state index in [9.17, 15) is 4.79 Å². The molecule has 0 radical (unpaired) electrons. The van der Waals surface area contributed by atoms with Crippen LogP contribution in [0.15, 0.2) is 30.5 Å². The van der Waals surface area contributed by atoms with E-state index in [-0.39, 0.29) is 0 Å². The lowest BCUT2D eigenvalue weighted by atomic mass is 9.81. The fourth-order valence-corrected chi connectivity index (χ4v) is 3.25. The highest BCUT2D eigenvalue weighted by molar-refractivity contribution is 5.96. The van der Waals surface area contributed by atoms with Gasteiger partial charge in [-0.2, -0.15) is 5.10 Å². The number of benzene rings is 1. The van der Waals surface area contributed by atoms with Crippen LogP contribution < -0.4 is 16.3 Å². The van der Waals surface area contributed by atoms with Crippen molar-refractivity contribution < 1.29 is 4.79 Å². The predicted molar refractivity (Wildman–Crippen MR) is 87.8 cm³/mol. The van der Waals surface area contributed by atoms with E-state index >= 15 is 0 Å².